The van der Waals surface area contributed by atoms with Crippen molar-refractivity contribution in [3.05, 3.63) is 29.0 Å². The molecular formula is C10H6F3N3. The molecule has 0 spiro atoms. The van der Waals surface area contributed by atoms with Gasteiger partial charge in [0.05, 0.1) is 12.6 Å². The van der Waals surface area contributed by atoms with Crippen molar-refractivity contribution in [3.8, 4) is 6.07 Å². The Kier molecular flexibility index (Phi) is 2.31. The molecule has 1 aliphatic heterocycles. The van der Waals surface area contributed by atoms with Crippen LogP contribution in [0.2, 0.25) is 0 Å². The van der Waals surface area contributed by atoms with E-state index in [4.69, 9.17) is 5.26 Å². The molecule has 0 bridgehead atoms. The smallest absolute Gasteiger partial charge is 0.365 e. The average molecular weight is 225 g/mol. The molecule has 0 amide bonds. The number of pyridine rings is 1. The Morgan fingerprint density at radius 3 is 2.75 bits per heavy atom. The summed E-state index contributed by atoms with van der Waals surface area (Å²) in [6.07, 6.45) is -2.92. The molecular weight excluding hydrogens is 219 g/mol. The Hall–Kier alpha value is -2.03. The lowest BCUT2D eigenvalue weighted by molar-refractivity contribution is -0.141. The van der Waals surface area contributed by atoms with Gasteiger partial charge < -0.3 is 5.32 Å². The first-order valence-electron chi connectivity index (χ1n) is 4.43. The van der Waals surface area contributed by atoms with Crippen LogP contribution in [0.3, 0.4) is 0 Å². The Bertz CT molecular complexity index is 497. The first kappa shape index (κ1) is 10.5. The molecule has 3 nitrogen and oxygen atoms in total. The molecule has 1 N–H and O–H groups in total. The number of fused-ring (bicyclic) bond motifs is 1. The standard InChI is InChI=1S/C10H6F3N3/c11-10(12,13)8-2-1-7-3-6(4-14)5-15-9(7)16-8/h1-3H,5H2,(H,15,16). The monoisotopic (exact) mass is 225 g/mol. The maximum absolute atomic E-state index is 12.3. The number of aromatic nitrogens is 1. The number of nitrogens with zero attached hydrogens (tertiary/aromatic N) is 2. The minimum Gasteiger partial charge on any atom is -0.365 e. The molecule has 0 fully saturated rings. The summed E-state index contributed by atoms with van der Waals surface area (Å²) in [4.78, 5) is 3.46. The van der Waals surface area contributed by atoms with Crippen molar-refractivity contribution in [2.75, 3.05) is 11.9 Å². The lowest BCUT2D eigenvalue weighted by atomic mass is 10.1. The third-order valence-corrected chi connectivity index (χ3v) is 2.14. The van der Waals surface area contributed by atoms with Crippen molar-refractivity contribution in [1.29, 1.82) is 5.26 Å². The third-order valence-electron chi connectivity index (χ3n) is 2.14. The summed E-state index contributed by atoms with van der Waals surface area (Å²) in [5.74, 6) is 0.161. The minimum absolute atomic E-state index is 0.161. The lowest BCUT2D eigenvalue weighted by Crippen LogP contribution is -2.15. The van der Waals surface area contributed by atoms with Gasteiger partial charge in [-0.3, -0.25) is 0 Å². The predicted molar refractivity (Wildman–Crippen MR) is 51.3 cm³/mol. The van der Waals surface area contributed by atoms with Gasteiger partial charge in [-0.1, -0.05) is 0 Å². The number of anilines is 1. The van der Waals surface area contributed by atoms with Crippen LogP contribution in [0.25, 0.3) is 6.08 Å². The Morgan fingerprint density at radius 2 is 2.12 bits per heavy atom. The van der Waals surface area contributed by atoms with Crippen LogP contribution < -0.4 is 5.32 Å². The number of hydrogen-bond acceptors (Lipinski definition) is 3. The predicted octanol–water partition coefficient (Wildman–Crippen LogP) is 2.43. The normalized spacial score (nSPS) is 14.5. The molecule has 1 aromatic rings. The highest BCUT2D eigenvalue weighted by Crippen LogP contribution is 2.31. The van der Waals surface area contributed by atoms with E-state index in [0.717, 1.165) is 6.07 Å². The van der Waals surface area contributed by atoms with Crippen molar-refractivity contribution in [2.24, 2.45) is 0 Å². The van der Waals surface area contributed by atoms with Crippen LogP contribution >= 0.6 is 0 Å². The maximum Gasteiger partial charge on any atom is 0.433 e. The highest BCUT2D eigenvalue weighted by atomic mass is 19.4. The van der Waals surface area contributed by atoms with E-state index in [1.54, 1.807) is 0 Å². The fraction of sp³-hybridized carbons (Fsp3) is 0.200. The molecule has 16 heavy (non-hydrogen) atoms. The van der Waals surface area contributed by atoms with Crippen LogP contribution in [0.4, 0.5) is 19.0 Å². The first-order chi connectivity index (χ1) is 7.50. The van der Waals surface area contributed by atoms with Crippen LogP contribution in [-0.4, -0.2) is 11.5 Å². The van der Waals surface area contributed by atoms with E-state index in [-0.39, 0.29) is 12.4 Å². The van der Waals surface area contributed by atoms with Crippen LogP contribution in [0.5, 0.6) is 0 Å². The quantitative estimate of drug-likeness (QED) is 0.737. The average Bonchev–Trinajstić information content (AvgIpc) is 2.26. The molecule has 1 aliphatic rings. The summed E-state index contributed by atoms with van der Waals surface area (Å²) >= 11 is 0. The van der Waals surface area contributed by atoms with Gasteiger partial charge in [0.1, 0.15) is 11.5 Å². The molecule has 2 rings (SSSR count). The third kappa shape index (κ3) is 1.84. The van der Waals surface area contributed by atoms with Gasteiger partial charge >= 0.3 is 6.18 Å². The number of nitriles is 1. The van der Waals surface area contributed by atoms with Crippen molar-refractivity contribution in [3.63, 3.8) is 0 Å². The van der Waals surface area contributed by atoms with Gasteiger partial charge in [-0.05, 0) is 18.2 Å². The number of rotatable bonds is 0. The van der Waals surface area contributed by atoms with Crippen molar-refractivity contribution >= 4 is 11.9 Å². The summed E-state index contributed by atoms with van der Waals surface area (Å²) in [6.45, 7) is 0.206. The van der Waals surface area contributed by atoms with E-state index in [1.165, 1.54) is 12.1 Å². The summed E-state index contributed by atoms with van der Waals surface area (Å²) in [6, 6.07) is 4.14. The fourth-order valence-corrected chi connectivity index (χ4v) is 1.38. The highest BCUT2D eigenvalue weighted by molar-refractivity contribution is 5.71. The number of halogens is 3. The Labute approximate surface area is 89.2 Å². The summed E-state index contributed by atoms with van der Waals surface area (Å²) in [7, 11) is 0. The lowest BCUT2D eigenvalue weighted by Gasteiger charge is -2.15. The number of hydrogen-bond donors (Lipinski definition) is 1. The number of alkyl halides is 3. The van der Waals surface area contributed by atoms with Gasteiger partial charge in [0.25, 0.3) is 0 Å². The van der Waals surface area contributed by atoms with E-state index in [2.05, 4.69) is 10.3 Å². The second-order valence-corrected chi connectivity index (χ2v) is 3.27. The van der Waals surface area contributed by atoms with Crippen LogP contribution in [0, 0.1) is 11.3 Å². The zero-order valence-corrected chi connectivity index (χ0v) is 7.97. The molecule has 82 valence electrons. The van der Waals surface area contributed by atoms with Gasteiger partial charge in [-0.15, -0.1) is 0 Å². The second kappa shape index (κ2) is 3.52. The zero-order chi connectivity index (χ0) is 11.8. The van der Waals surface area contributed by atoms with E-state index in [1.807, 2.05) is 6.07 Å². The summed E-state index contributed by atoms with van der Waals surface area (Å²) in [5, 5.41) is 11.3. The molecule has 6 heteroatoms. The van der Waals surface area contributed by atoms with Gasteiger partial charge in [0.15, 0.2) is 0 Å². The maximum atomic E-state index is 12.3. The van der Waals surface area contributed by atoms with Crippen molar-refractivity contribution in [2.45, 2.75) is 6.18 Å². The minimum atomic E-state index is -4.45. The molecule has 0 unspecified atom stereocenters. The second-order valence-electron chi connectivity index (χ2n) is 3.27. The zero-order valence-electron chi connectivity index (χ0n) is 7.97. The molecule has 2 heterocycles. The molecule has 0 aromatic carbocycles. The van der Waals surface area contributed by atoms with Gasteiger partial charge in [-0.2, -0.15) is 18.4 Å². The Morgan fingerprint density at radius 1 is 1.38 bits per heavy atom. The van der Waals surface area contributed by atoms with E-state index < -0.39 is 11.9 Å². The SMILES string of the molecule is N#CC1=Cc2ccc(C(F)(F)F)nc2NC1. The molecule has 0 saturated carbocycles. The van der Waals surface area contributed by atoms with Crippen LogP contribution in [0.15, 0.2) is 17.7 Å². The molecule has 0 aliphatic carbocycles. The Balaban J connectivity index is 2.44. The van der Waals surface area contributed by atoms with Crippen molar-refractivity contribution < 1.29 is 13.2 Å². The van der Waals surface area contributed by atoms with Gasteiger partial charge in [0.2, 0.25) is 0 Å². The summed E-state index contributed by atoms with van der Waals surface area (Å²) in [5.41, 5.74) is 0.0254. The van der Waals surface area contributed by atoms with Gasteiger partial charge in [-0.25, -0.2) is 4.98 Å². The van der Waals surface area contributed by atoms with Crippen molar-refractivity contribution in [1.82, 2.24) is 4.98 Å². The first-order valence-corrected chi connectivity index (χ1v) is 4.43. The van der Waals surface area contributed by atoms with E-state index in [9.17, 15) is 13.2 Å². The molecule has 0 atom stereocenters. The van der Waals surface area contributed by atoms with Gasteiger partial charge in [0, 0.05) is 11.1 Å². The van der Waals surface area contributed by atoms with Crippen LogP contribution in [0.1, 0.15) is 11.3 Å². The van der Waals surface area contributed by atoms with Crippen LogP contribution in [-0.2, 0) is 6.18 Å². The molecule has 0 saturated heterocycles. The molecule has 0 radical (unpaired) electrons. The summed E-state index contributed by atoms with van der Waals surface area (Å²) < 4.78 is 37.0. The fourth-order valence-electron chi connectivity index (χ4n) is 1.38. The largest absolute Gasteiger partial charge is 0.433 e. The number of nitrogens with one attached hydrogen (secondary N) is 1. The van der Waals surface area contributed by atoms with E-state index in [0.29, 0.717) is 11.1 Å². The molecule has 1 aromatic heterocycles. The highest BCUT2D eigenvalue weighted by Gasteiger charge is 2.33. The topological polar surface area (TPSA) is 48.7 Å². The van der Waals surface area contributed by atoms with E-state index >= 15 is 0 Å².